The number of thiazole rings is 1. The third-order valence-electron chi connectivity index (χ3n) is 2.75. The number of rotatable bonds is 6. The van der Waals surface area contributed by atoms with Crippen LogP contribution >= 0.6 is 27.3 Å². The fourth-order valence-electron chi connectivity index (χ4n) is 1.65. The lowest BCUT2D eigenvalue weighted by molar-refractivity contribution is 0.541. The zero-order valence-electron chi connectivity index (χ0n) is 11.0. The first-order valence-electron chi connectivity index (χ1n) is 6.28. The van der Waals surface area contributed by atoms with Crippen molar-refractivity contribution < 1.29 is 0 Å². The van der Waals surface area contributed by atoms with E-state index in [1.165, 1.54) is 4.68 Å². The SMILES string of the molecule is CCCCn1ncc(NCc2csc(=O)[nH]2)c(Br)c1=O. The highest BCUT2D eigenvalue weighted by molar-refractivity contribution is 9.10. The molecule has 0 aliphatic carbocycles. The molecule has 0 atom stereocenters. The van der Waals surface area contributed by atoms with Gasteiger partial charge in [0, 0.05) is 17.6 Å². The third-order valence-corrected chi connectivity index (χ3v) is 4.23. The Hall–Kier alpha value is -1.41. The first-order valence-corrected chi connectivity index (χ1v) is 7.95. The quantitative estimate of drug-likeness (QED) is 0.829. The topological polar surface area (TPSA) is 79.8 Å². The highest BCUT2D eigenvalue weighted by Crippen LogP contribution is 2.17. The molecule has 0 saturated carbocycles. The largest absolute Gasteiger partial charge is 0.377 e. The van der Waals surface area contributed by atoms with E-state index in [0.29, 0.717) is 23.2 Å². The fourth-order valence-corrected chi connectivity index (χ4v) is 2.68. The molecule has 0 unspecified atom stereocenters. The zero-order chi connectivity index (χ0) is 14.5. The van der Waals surface area contributed by atoms with Crippen molar-refractivity contribution in [2.75, 3.05) is 5.32 Å². The van der Waals surface area contributed by atoms with Crippen molar-refractivity contribution in [3.8, 4) is 0 Å². The average molecular weight is 359 g/mol. The Balaban J connectivity index is 2.11. The van der Waals surface area contributed by atoms with Crippen LogP contribution in [-0.2, 0) is 13.1 Å². The average Bonchev–Trinajstić information content (AvgIpc) is 2.85. The van der Waals surface area contributed by atoms with Crippen LogP contribution in [-0.4, -0.2) is 14.8 Å². The summed E-state index contributed by atoms with van der Waals surface area (Å²) in [5, 5.41) is 8.97. The van der Waals surface area contributed by atoms with E-state index in [1.54, 1.807) is 11.6 Å². The number of aromatic nitrogens is 3. The van der Waals surface area contributed by atoms with Gasteiger partial charge in [-0.1, -0.05) is 24.7 Å². The number of hydrogen-bond donors (Lipinski definition) is 2. The number of unbranched alkanes of at least 4 members (excludes halogenated alkanes) is 1. The Morgan fingerprint density at radius 3 is 2.95 bits per heavy atom. The van der Waals surface area contributed by atoms with Crippen molar-refractivity contribution in [1.82, 2.24) is 14.8 Å². The van der Waals surface area contributed by atoms with E-state index >= 15 is 0 Å². The summed E-state index contributed by atoms with van der Waals surface area (Å²) in [4.78, 5) is 25.7. The third kappa shape index (κ3) is 3.57. The molecule has 6 nitrogen and oxygen atoms in total. The fraction of sp³-hybridized carbons (Fsp3) is 0.417. The number of hydrogen-bond acceptors (Lipinski definition) is 5. The molecule has 0 amide bonds. The smallest absolute Gasteiger partial charge is 0.304 e. The van der Waals surface area contributed by atoms with Crippen LogP contribution < -0.4 is 15.7 Å². The van der Waals surface area contributed by atoms with Gasteiger partial charge in [-0.05, 0) is 22.4 Å². The second-order valence-electron chi connectivity index (χ2n) is 4.28. The maximum Gasteiger partial charge on any atom is 0.304 e. The van der Waals surface area contributed by atoms with Gasteiger partial charge in [0.1, 0.15) is 4.47 Å². The van der Waals surface area contributed by atoms with E-state index in [0.717, 1.165) is 29.9 Å². The molecule has 2 aromatic heterocycles. The van der Waals surface area contributed by atoms with Gasteiger partial charge >= 0.3 is 4.87 Å². The van der Waals surface area contributed by atoms with Crippen molar-refractivity contribution in [2.45, 2.75) is 32.9 Å². The van der Waals surface area contributed by atoms with E-state index in [9.17, 15) is 9.59 Å². The van der Waals surface area contributed by atoms with Crippen LogP contribution in [0.1, 0.15) is 25.5 Å². The Morgan fingerprint density at radius 2 is 2.30 bits per heavy atom. The van der Waals surface area contributed by atoms with Crippen LogP contribution in [0.15, 0.2) is 25.6 Å². The summed E-state index contributed by atoms with van der Waals surface area (Å²) in [7, 11) is 0. The second kappa shape index (κ2) is 6.85. The van der Waals surface area contributed by atoms with Gasteiger partial charge in [0.2, 0.25) is 0 Å². The minimum atomic E-state index is -0.151. The minimum absolute atomic E-state index is 0.0889. The Bertz CT molecular complexity index is 691. The van der Waals surface area contributed by atoms with Crippen molar-refractivity contribution in [1.29, 1.82) is 0 Å². The molecule has 0 fully saturated rings. The maximum atomic E-state index is 12.1. The molecule has 0 bridgehead atoms. The number of nitrogens with zero attached hydrogens (tertiary/aromatic N) is 2. The number of aromatic amines is 1. The Morgan fingerprint density at radius 1 is 1.50 bits per heavy atom. The molecular weight excluding hydrogens is 344 g/mol. The highest BCUT2D eigenvalue weighted by Gasteiger charge is 2.08. The summed E-state index contributed by atoms with van der Waals surface area (Å²) >= 11 is 4.41. The lowest BCUT2D eigenvalue weighted by atomic mass is 10.3. The number of nitrogens with one attached hydrogen (secondary N) is 2. The van der Waals surface area contributed by atoms with Crippen LogP contribution in [0.4, 0.5) is 5.69 Å². The van der Waals surface area contributed by atoms with E-state index in [2.05, 4.69) is 38.3 Å². The summed E-state index contributed by atoms with van der Waals surface area (Å²) in [5.74, 6) is 0. The van der Waals surface area contributed by atoms with Crippen LogP contribution in [0.3, 0.4) is 0 Å². The van der Waals surface area contributed by atoms with Gasteiger partial charge in [-0.15, -0.1) is 0 Å². The van der Waals surface area contributed by atoms with Gasteiger partial charge in [0.25, 0.3) is 5.56 Å². The summed E-state index contributed by atoms with van der Waals surface area (Å²) in [5.41, 5.74) is 1.25. The predicted molar refractivity (Wildman–Crippen MR) is 83.4 cm³/mol. The van der Waals surface area contributed by atoms with Gasteiger partial charge in [0.15, 0.2) is 0 Å². The molecule has 0 aliphatic heterocycles. The van der Waals surface area contributed by atoms with E-state index in [1.807, 2.05) is 0 Å². The summed E-state index contributed by atoms with van der Waals surface area (Å²) in [6.07, 6.45) is 3.55. The predicted octanol–water partition coefficient (Wildman–Crippen LogP) is 2.17. The van der Waals surface area contributed by atoms with Crippen molar-refractivity contribution in [3.05, 3.63) is 41.8 Å². The molecule has 0 aromatic carbocycles. The first-order chi connectivity index (χ1) is 9.61. The van der Waals surface area contributed by atoms with Crippen LogP contribution in [0.25, 0.3) is 0 Å². The molecular formula is C12H15BrN4O2S. The molecule has 0 spiro atoms. The second-order valence-corrected chi connectivity index (χ2v) is 5.92. The van der Waals surface area contributed by atoms with Gasteiger partial charge in [0.05, 0.1) is 18.4 Å². The van der Waals surface area contributed by atoms with Crippen LogP contribution in [0, 0.1) is 0 Å². The minimum Gasteiger partial charge on any atom is -0.377 e. The highest BCUT2D eigenvalue weighted by atomic mass is 79.9. The van der Waals surface area contributed by atoms with E-state index < -0.39 is 0 Å². The molecule has 2 rings (SSSR count). The molecule has 2 heterocycles. The monoisotopic (exact) mass is 358 g/mol. The molecule has 0 radical (unpaired) electrons. The van der Waals surface area contributed by atoms with E-state index in [4.69, 9.17) is 0 Å². The lowest BCUT2D eigenvalue weighted by Crippen LogP contribution is -2.24. The Labute approximate surface area is 128 Å². The van der Waals surface area contributed by atoms with Crippen molar-refractivity contribution in [2.24, 2.45) is 0 Å². The molecule has 20 heavy (non-hydrogen) atoms. The van der Waals surface area contributed by atoms with Gasteiger partial charge in [-0.25, -0.2) is 4.68 Å². The van der Waals surface area contributed by atoms with E-state index in [-0.39, 0.29) is 10.4 Å². The summed E-state index contributed by atoms with van der Waals surface area (Å²) in [6.45, 7) is 3.13. The molecule has 0 saturated heterocycles. The number of aryl methyl sites for hydroxylation is 1. The van der Waals surface area contributed by atoms with Gasteiger partial charge in [-0.2, -0.15) is 5.10 Å². The zero-order valence-corrected chi connectivity index (χ0v) is 13.4. The normalized spacial score (nSPS) is 10.7. The molecule has 8 heteroatoms. The molecule has 0 aliphatic rings. The van der Waals surface area contributed by atoms with Crippen LogP contribution in [0.5, 0.6) is 0 Å². The maximum absolute atomic E-state index is 12.1. The van der Waals surface area contributed by atoms with Crippen molar-refractivity contribution in [3.63, 3.8) is 0 Å². The number of halogens is 1. The summed E-state index contributed by atoms with van der Waals surface area (Å²) < 4.78 is 1.91. The Kier molecular flexibility index (Phi) is 5.13. The molecule has 2 aromatic rings. The first kappa shape index (κ1) is 15.0. The molecule has 108 valence electrons. The number of anilines is 1. The standard InChI is InChI=1S/C12H15BrN4O2S/c1-2-3-4-17-11(18)10(13)9(6-15-17)14-5-8-7-20-12(19)16-8/h6-7,14H,2-5H2,1H3,(H,16,19). The van der Waals surface area contributed by atoms with Gasteiger partial charge in [-0.3, -0.25) is 9.59 Å². The lowest BCUT2D eigenvalue weighted by Gasteiger charge is -2.09. The van der Waals surface area contributed by atoms with Crippen LogP contribution in [0.2, 0.25) is 0 Å². The molecule has 2 N–H and O–H groups in total. The summed E-state index contributed by atoms with van der Waals surface area (Å²) in [6, 6.07) is 0. The van der Waals surface area contributed by atoms with Crippen molar-refractivity contribution >= 4 is 33.0 Å². The number of H-pyrrole nitrogens is 1. The van der Waals surface area contributed by atoms with Gasteiger partial charge < -0.3 is 10.3 Å².